The molecule has 21 heavy (non-hydrogen) atoms. The largest absolute Gasteiger partial charge is 0.494 e. The second-order valence-corrected chi connectivity index (χ2v) is 5.47. The molecule has 3 rings (SSSR count). The highest BCUT2D eigenvalue weighted by atomic mass is 32.1. The fourth-order valence-corrected chi connectivity index (χ4v) is 3.06. The molecule has 0 saturated carbocycles. The Morgan fingerprint density at radius 1 is 1.19 bits per heavy atom. The standard InChI is InChI=1S/C15H12F2N2OS/c1-2-20-8-3-4-13-14(5-8)21-15(19-13)9-6-10(16)11(17)7-12(9)18/h3-7H,2,18H2,1H3. The van der Waals surface area contributed by atoms with Gasteiger partial charge in [-0.1, -0.05) is 0 Å². The van der Waals surface area contributed by atoms with Gasteiger partial charge in [-0.3, -0.25) is 0 Å². The Balaban J connectivity index is 2.11. The molecule has 0 radical (unpaired) electrons. The first-order valence-electron chi connectivity index (χ1n) is 6.36. The number of hydrogen-bond donors (Lipinski definition) is 1. The number of halogens is 2. The molecule has 0 unspecified atom stereocenters. The molecular formula is C15H12F2N2OS. The van der Waals surface area contributed by atoms with E-state index in [2.05, 4.69) is 4.98 Å². The number of anilines is 1. The van der Waals surface area contributed by atoms with Crippen molar-refractivity contribution in [1.82, 2.24) is 4.98 Å². The van der Waals surface area contributed by atoms with Gasteiger partial charge < -0.3 is 10.5 Å². The number of aromatic nitrogens is 1. The minimum absolute atomic E-state index is 0.165. The van der Waals surface area contributed by atoms with E-state index in [9.17, 15) is 8.78 Å². The average molecular weight is 306 g/mol. The summed E-state index contributed by atoms with van der Waals surface area (Å²) < 4.78 is 32.9. The Hall–Kier alpha value is -2.21. The van der Waals surface area contributed by atoms with Crippen LogP contribution in [0.5, 0.6) is 5.75 Å². The lowest BCUT2D eigenvalue weighted by molar-refractivity contribution is 0.341. The fraction of sp³-hybridized carbons (Fsp3) is 0.133. The van der Waals surface area contributed by atoms with Crippen LogP contribution < -0.4 is 10.5 Å². The number of fused-ring (bicyclic) bond motifs is 1. The van der Waals surface area contributed by atoms with E-state index in [0.717, 1.165) is 28.1 Å². The molecule has 0 aliphatic heterocycles. The Labute approximate surface area is 124 Å². The summed E-state index contributed by atoms with van der Waals surface area (Å²) in [5.41, 5.74) is 7.08. The van der Waals surface area contributed by atoms with E-state index in [1.54, 1.807) is 0 Å². The Morgan fingerprint density at radius 2 is 1.95 bits per heavy atom. The summed E-state index contributed by atoms with van der Waals surface area (Å²) in [7, 11) is 0. The van der Waals surface area contributed by atoms with Gasteiger partial charge in [-0.2, -0.15) is 0 Å². The molecule has 0 amide bonds. The van der Waals surface area contributed by atoms with Gasteiger partial charge in [-0.25, -0.2) is 13.8 Å². The maximum absolute atomic E-state index is 13.4. The number of thiazole rings is 1. The van der Waals surface area contributed by atoms with Gasteiger partial charge in [-0.05, 0) is 31.2 Å². The average Bonchev–Trinajstić information content (AvgIpc) is 2.86. The maximum atomic E-state index is 13.4. The monoisotopic (exact) mass is 306 g/mol. The van der Waals surface area contributed by atoms with Crippen molar-refractivity contribution in [2.24, 2.45) is 0 Å². The van der Waals surface area contributed by atoms with E-state index in [-0.39, 0.29) is 5.69 Å². The normalized spacial score (nSPS) is 11.0. The van der Waals surface area contributed by atoms with Gasteiger partial charge in [0.05, 0.1) is 16.8 Å². The molecule has 108 valence electrons. The number of rotatable bonds is 3. The molecule has 0 saturated heterocycles. The van der Waals surface area contributed by atoms with Crippen molar-refractivity contribution in [3.8, 4) is 16.3 Å². The van der Waals surface area contributed by atoms with E-state index in [0.29, 0.717) is 17.2 Å². The summed E-state index contributed by atoms with van der Waals surface area (Å²) in [4.78, 5) is 4.41. The molecule has 6 heteroatoms. The quantitative estimate of drug-likeness (QED) is 0.737. The summed E-state index contributed by atoms with van der Waals surface area (Å²) in [5.74, 6) is -1.15. The zero-order valence-corrected chi connectivity index (χ0v) is 12.0. The summed E-state index contributed by atoms with van der Waals surface area (Å²) in [6.45, 7) is 2.48. The number of nitrogens with two attached hydrogens (primary N) is 1. The van der Waals surface area contributed by atoms with Crippen LogP contribution >= 0.6 is 11.3 Å². The van der Waals surface area contributed by atoms with Gasteiger partial charge in [0.1, 0.15) is 10.8 Å². The van der Waals surface area contributed by atoms with Gasteiger partial charge >= 0.3 is 0 Å². The topological polar surface area (TPSA) is 48.1 Å². The van der Waals surface area contributed by atoms with Gasteiger partial charge in [0.2, 0.25) is 0 Å². The van der Waals surface area contributed by atoms with Crippen molar-refractivity contribution in [1.29, 1.82) is 0 Å². The number of hydrogen-bond acceptors (Lipinski definition) is 4. The van der Waals surface area contributed by atoms with Crippen molar-refractivity contribution in [3.05, 3.63) is 42.0 Å². The minimum Gasteiger partial charge on any atom is -0.494 e. The first-order valence-corrected chi connectivity index (χ1v) is 7.18. The molecule has 2 aromatic carbocycles. The first-order chi connectivity index (χ1) is 10.1. The molecule has 0 spiro atoms. The predicted molar refractivity (Wildman–Crippen MR) is 80.6 cm³/mol. The van der Waals surface area contributed by atoms with E-state index in [4.69, 9.17) is 10.5 Å². The van der Waals surface area contributed by atoms with Gasteiger partial charge in [0.15, 0.2) is 11.6 Å². The summed E-state index contributed by atoms with van der Waals surface area (Å²) >= 11 is 1.36. The molecule has 3 nitrogen and oxygen atoms in total. The third-order valence-corrected chi connectivity index (χ3v) is 4.05. The second-order valence-electron chi connectivity index (χ2n) is 4.44. The highest BCUT2D eigenvalue weighted by molar-refractivity contribution is 7.21. The van der Waals surface area contributed by atoms with E-state index in [1.165, 1.54) is 11.3 Å². The SMILES string of the molecule is CCOc1ccc2nc(-c3cc(F)c(F)cc3N)sc2c1. The molecule has 0 aliphatic carbocycles. The second kappa shape index (κ2) is 5.29. The van der Waals surface area contributed by atoms with Crippen molar-refractivity contribution >= 4 is 27.2 Å². The van der Waals surface area contributed by atoms with Gasteiger partial charge in [0.25, 0.3) is 0 Å². The van der Waals surface area contributed by atoms with Crippen molar-refractivity contribution in [2.45, 2.75) is 6.92 Å². The van der Waals surface area contributed by atoms with Crippen LogP contribution in [-0.2, 0) is 0 Å². The molecule has 2 N–H and O–H groups in total. The van der Waals surface area contributed by atoms with E-state index >= 15 is 0 Å². The third kappa shape index (κ3) is 2.54. The van der Waals surface area contributed by atoms with E-state index in [1.807, 2.05) is 25.1 Å². The van der Waals surface area contributed by atoms with Crippen molar-refractivity contribution in [3.63, 3.8) is 0 Å². The molecule has 0 bridgehead atoms. The predicted octanol–water partition coefficient (Wildman–Crippen LogP) is 4.22. The van der Waals surface area contributed by atoms with Crippen LogP contribution in [-0.4, -0.2) is 11.6 Å². The highest BCUT2D eigenvalue weighted by Gasteiger charge is 2.13. The lowest BCUT2D eigenvalue weighted by atomic mass is 10.2. The number of benzene rings is 2. The number of ether oxygens (including phenoxy) is 1. The van der Waals surface area contributed by atoms with Crippen LogP contribution in [0.15, 0.2) is 30.3 Å². The highest BCUT2D eigenvalue weighted by Crippen LogP contribution is 2.35. The fourth-order valence-electron chi connectivity index (χ4n) is 2.02. The lowest BCUT2D eigenvalue weighted by Gasteiger charge is -2.02. The molecule has 0 aliphatic rings. The van der Waals surface area contributed by atoms with Crippen LogP contribution in [0.25, 0.3) is 20.8 Å². The lowest BCUT2D eigenvalue weighted by Crippen LogP contribution is -1.94. The Bertz CT molecular complexity index is 817. The number of nitrogens with zero attached hydrogens (tertiary/aromatic N) is 1. The van der Waals surface area contributed by atoms with E-state index < -0.39 is 11.6 Å². The first kappa shape index (κ1) is 13.8. The van der Waals surface area contributed by atoms with Gasteiger partial charge in [0, 0.05) is 17.3 Å². The third-order valence-electron chi connectivity index (χ3n) is 2.99. The summed E-state index contributed by atoms with van der Waals surface area (Å²) in [6, 6.07) is 7.57. The Morgan fingerprint density at radius 3 is 2.71 bits per heavy atom. The van der Waals surface area contributed by atoms with Crippen molar-refractivity contribution in [2.75, 3.05) is 12.3 Å². The van der Waals surface area contributed by atoms with Crippen LogP contribution in [0.3, 0.4) is 0 Å². The van der Waals surface area contributed by atoms with Crippen LogP contribution in [0.1, 0.15) is 6.92 Å². The molecule has 1 heterocycles. The van der Waals surface area contributed by atoms with Crippen LogP contribution in [0.2, 0.25) is 0 Å². The van der Waals surface area contributed by atoms with Crippen LogP contribution in [0, 0.1) is 11.6 Å². The summed E-state index contributed by atoms with van der Waals surface area (Å²) in [5, 5.41) is 0.551. The zero-order chi connectivity index (χ0) is 15.0. The number of nitrogen functional groups attached to an aromatic ring is 1. The minimum atomic E-state index is -0.962. The maximum Gasteiger partial charge on any atom is 0.160 e. The molecule has 1 aromatic heterocycles. The summed E-state index contributed by atoms with van der Waals surface area (Å²) in [6.07, 6.45) is 0. The van der Waals surface area contributed by atoms with Gasteiger partial charge in [-0.15, -0.1) is 11.3 Å². The van der Waals surface area contributed by atoms with Crippen molar-refractivity contribution < 1.29 is 13.5 Å². The zero-order valence-electron chi connectivity index (χ0n) is 11.2. The smallest absolute Gasteiger partial charge is 0.160 e. The molecule has 0 fully saturated rings. The molecule has 0 atom stereocenters. The molecule has 3 aromatic rings. The Kier molecular flexibility index (Phi) is 3.47. The van der Waals surface area contributed by atoms with Crippen LogP contribution in [0.4, 0.5) is 14.5 Å². The molecular weight excluding hydrogens is 294 g/mol.